The third-order valence-corrected chi connectivity index (χ3v) is 4.51. The molecule has 0 aliphatic rings. The molecule has 1 unspecified atom stereocenters. The van der Waals surface area contributed by atoms with Gasteiger partial charge in [-0.05, 0) is 40.5 Å². The quantitative estimate of drug-likeness (QED) is 0.861. The van der Waals surface area contributed by atoms with Crippen molar-refractivity contribution in [1.82, 2.24) is 10.3 Å². The molecule has 0 amide bonds. The molecule has 0 saturated carbocycles. The van der Waals surface area contributed by atoms with Gasteiger partial charge in [0.15, 0.2) is 0 Å². The summed E-state index contributed by atoms with van der Waals surface area (Å²) in [6, 6.07) is 4.44. The van der Waals surface area contributed by atoms with Crippen molar-refractivity contribution in [3.63, 3.8) is 0 Å². The predicted molar refractivity (Wildman–Crippen MR) is 75.0 cm³/mol. The lowest BCUT2D eigenvalue weighted by Crippen LogP contribution is -2.40. The van der Waals surface area contributed by atoms with Crippen molar-refractivity contribution in [2.45, 2.75) is 31.8 Å². The maximum Gasteiger partial charge on any atom is 0.110 e. The number of rotatable bonds is 4. The summed E-state index contributed by atoms with van der Waals surface area (Å²) in [6.07, 6.45) is 1.83. The fraction of sp³-hybridized carbons (Fsp3) is 0.583. The minimum atomic E-state index is 0.267. The lowest BCUT2D eigenvalue weighted by molar-refractivity contribution is 0.305. The van der Waals surface area contributed by atoms with E-state index in [1.165, 1.54) is 0 Å². The monoisotopic (exact) mass is 302 g/mol. The van der Waals surface area contributed by atoms with Gasteiger partial charge in [-0.2, -0.15) is 0 Å². The van der Waals surface area contributed by atoms with Gasteiger partial charge in [0.1, 0.15) is 5.03 Å². The Morgan fingerprint density at radius 1 is 1.50 bits per heavy atom. The van der Waals surface area contributed by atoms with E-state index in [1.807, 2.05) is 25.4 Å². The van der Waals surface area contributed by atoms with E-state index in [0.717, 1.165) is 15.3 Å². The highest BCUT2D eigenvalue weighted by Gasteiger charge is 2.23. The second-order valence-electron chi connectivity index (χ2n) is 4.81. The molecular formula is C12H19BrN2S. The SMILES string of the molecule is CNC(CSc1ncccc1Br)C(C)(C)C. The van der Waals surface area contributed by atoms with Crippen LogP contribution in [0.1, 0.15) is 20.8 Å². The number of thioether (sulfide) groups is 1. The van der Waals surface area contributed by atoms with Gasteiger partial charge in [0, 0.05) is 22.5 Å². The van der Waals surface area contributed by atoms with Gasteiger partial charge in [0.2, 0.25) is 0 Å². The van der Waals surface area contributed by atoms with Crippen LogP contribution in [0.2, 0.25) is 0 Å². The molecule has 0 aromatic carbocycles. The van der Waals surface area contributed by atoms with Gasteiger partial charge in [0.05, 0.1) is 0 Å². The predicted octanol–water partition coefficient (Wildman–Crippen LogP) is 3.57. The smallest absolute Gasteiger partial charge is 0.110 e. The number of pyridine rings is 1. The summed E-state index contributed by atoms with van der Waals surface area (Å²) in [5.74, 6) is 1.02. The minimum Gasteiger partial charge on any atom is -0.316 e. The summed E-state index contributed by atoms with van der Waals surface area (Å²) in [5, 5.41) is 4.43. The molecule has 1 heterocycles. The van der Waals surface area contributed by atoms with Gasteiger partial charge >= 0.3 is 0 Å². The summed E-state index contributed by atoms with van der Waals surface area (Å²) in [4.78, 5) is 4.35. The first-order valence-corrected chi connectivity index (χ1v) is 7.13. The van der Waals surface area contributed by atoms with Crippen molar-refractivity contribution >= 4 is 27.7 Å². The Balaban J connectivity index is 2.60. The first kappa shape index (κ1) is 14.0. The fourth-order valence-electron chi connectivity index (χ4n) is 1.41. The highest BCUT2D eigenvalue weighted by atomic mass is 79.9. The van der Waals surface area contributed by atoms with E-state index in [4.69, 9.17) is 0 Å². The van der Waals surface area contributed by atoms with Crippen molar-refractivity contribution in [3.05, 3.63) is 22.8 Å². The molecule has 0 bridgehead atoms. The normalized spacial score (nSPS) is 13.8. The Morgan fingerprint density at radius 3 is 2.69 bits per heavy atom. The van der Waals surface area contributed by atoms with E-state index in [-0.39, 0.29) is 5.41 Å². The van der Waals surface area contributed by atoms with Crippen molar-refractivity contribution < 1.29 is 0 Å². The number of hydrogen-bond donors (Lipinski definition) is 1. The van der Waals surface area contributed by atoms with Gasteiger partial charge in [-0.15, -0.1) is 11.8 Å². The van der Waals surface area contributed by atoms with Gasteiger partial charge in [-0.1, -0.05) is 20.8 Å². The molecule has 0 radical (unpaired) electrons. The van der Waals surface area contributed by atoms with E-state index < -0.39 is 0 Å². The lowest BCUT2D eigenvalue weighted by Gasteiger charge is -2.30. The van der Waals surface area contributed by atoms with Crippen LogP contribution in [0.5, 0.6) is 0 Å². The average molecular weight is 303 g/mol. The third kappa shape index (κ3) is 4.07. The van der Waals surface area contributed by atoms with E-state index in [0.29, 0.717) is 6.04 Å². The fourth-order valence-corrected chi connectivity index (χ4v) is 3.34. The van der Waals surface area contributed by atoms with E-state index >= 15 is 0 Å². The largest absolute Gasteiger partial charge is 0.316 e. The maximum absolute atomic E-state index is 4.35. The van der Waals surface area contributed by atoms with E-state index in [2.05, 4.69) is 47.0 Å². The van der Waals surface area contributed by atoms with Crippen LogP contribution in [0, 0.1) is 5.41 Å². The molecule has 4 heteroatoms. The summed E-state index contributed by atoms with van der Waals surface area (Å²) >= 11 is 5.30. The molecule has 1 atom stereocenters. The summed E-state index contributed by atoms with van der Waals surface area (Å²) in [7, 11) is 2.02. The number of halogens is 1. The van der Waals surface area contributed by atoms with Crippen LogP contribution < -0.4 is 5.32 Å². The molecule has 1 aromatic rings. The van der Waals surface area contributed by atoms with Crippen LogP contribution >= 0.6 is 27.7 Å². The molecule has 0 spiro atoms. The Bertz CT molecular complexity index is 336. The first-order valence-electron chi connectivity index (χ1n) is 5.35. The van der Waals surface area contributed by atoms with Crippen molar-refractivity contribution in [2.24, 2.45) is 5.41 Å². The van der Waals surface area contributed by atoms with E-state index in [1.54, 1.807) is 11.8 Å². The average Bonchev–Trinajstić information content (AvgIpc) is 2.19. The molecule has 0 aliphatic heterocycles. The zero-order valence-electron chi connectivity index (χ0n) is 10.2. The van der Waals surface area contributed by atoms with Crippen LogP contribution in [0.15, 0.2) is 27.8 Å². The van der Waals surface area contributed by atoms with Crippen molar-refractivity contribution in [2.75, 3.05) is 12.8 Å². The van der Waals surface area contributed by atoms with Gasteiger partial charge in [-0.3, -0.25) is 0 Å². The highest BCUT2D eigenvalue weighted by Crippen LogP contribution is 2.29. The molecule has 2 nitrogen and oxygen atoms in total. The molecule has 1 aromatic heterocycles. The van der Waals surface area contributed by atoms with Crippen molar-refractivity contribution in [3.8, 4) is 0 Å². The third-order valence-electron chi connectivity index (χ3n) is 2.51. The number of nitrogens with one attached hydrogen (secondary N) is 1. The molecule has 0 aliphatic carbocycles. The molecule has 0 fully saturated rings. The minimum absolute atomic E-state index is 0.267. The maximum atomic E-state index is 4.35. The van der Waals surface area contributed by atoms with Crippen LogP contribution in [-0.2, 0) is 0 Å². The summed E-state index contributed by atoms with van der Waals surface area (Å²) in [5.41, 5.74) is 0.267. The van der Waals surface area contributed by atoms with Gasteiger partial charge in [0.25, 0.3) is 0 Å². The molecule has 1 N–H and O–H groups in total. The molecule has 0 saturated heterocycles. The Hall–Kier alpha value is -0.0600. The number of nitrogens with zero attached hydrogens (tertiary/aromatic N) is 1. The molecule has 90 valence electrons. The van der Waals surface area contributed by atoms with Gasteiger partial charge < -0.3 is 5.32 Å². The molecular weight excluding hydrogens is 284 g/mol. The first-order chi connectivity index (χ1) is 7.45. The van der Waals surface area contributed by atoms with E-state index in [9.17, 15) is 0 Å². The van der Waals surface area contributed by atoms with Gasteiger partial charge in [-0.25, -0.2) is 4.98 Å². The zero-order valence-corrected chi connectivity index (χ0v) is 12.7. The van der Waals surface area contributed by atoms with Crippen LogP contribution in [0.3, 0.4) is 0 Å². The lowest BCUT2D eigenvalue weighted by atomic mass is 9.88. The second kappa shape index (κ2) is 6.03. The number of hydrogen-bond acceptors (Lipinski definition) is 3. The Kier molecular flexibility index (Phi) is 5.28. The van der Waals surface area contributed by atoms with Crippen LogP contribution in [0.25, 0.3) is 0 Å². The Labute approximate surface area is 111 Å². The standard InChI is InChI=1S/C12H19BrN2S/c1-12(2,3)10(14-4)8-16-11-9(13)6-5-7-15-11/h5-7,10,14H,8H2,1-4H3. The molecule has 16 heavy (non-hydrogen) atoms. The van der Waals surface area contributed by atoms with Crippen molar-refractivity contribution in [1.29, 1.82) is 0 Å². The summed E-state index contributed by atoms with van der Waals surface area (Å²) < 4.78 is 1.07. The second-order valence-corrected chi connectivity index (χ2v) is 6.67. The molecule has 1 rings (SSSR count). The van der Waals surface area contributed by atoms with Crippen LogP contribution in [-0.4, -0.2) is 23.8 Å². The highest BCUT2D eigenvalue weighted by molar-refractivity contribution is 9.10. The zero-order chi connectivity index (χ0) is 12.2. The van der Waals surface area contributed by atoms with Crippen LogP contribution in [0.4, 0.5) is 0 Å². The Morgan fingerprint density at radius 2 is 2.19 bits per heavy atom. The summed E-state index contributed by atoms with van der Waals surface area (Å²) in [6.45, 7) is 6.76. The topological polar surface area (TPSA) is 24.9 Å². The number of aromatic nitrogens is 1.